The molecule has 0 bridgehead atoms. The number of ether oxygens (including phenoxy) is 1. The van der Waals surface area contributed by atoms with E-state index < -0.39 is 0 Å². The van der Waals surface area contributed by atoms with Gasteiger partial charge in [-0.25, -0.2) is 4.98 Å². The van der Waals surface area contributed by atoms with Gasteiger partial charge in [0, 0.05) is 26.5 Å². The normalized spacial score (nSPS) is 10.8. The van der Waals surface area contributed by atoms with E-state index in [0.29, 0.717) is 5.69 Å². The number of rotatable bonds is 3. The number of carbonyl (C=O) groups excluding carboxylic acids is 1. The Kier molecular flexibility index (Phi) is 3.39. The highest BCUT2D eigenvalue weighted by molar-refractivity contribution is 7.20. The molecule has 0 atom stereocenters. The fourth-order valence-corrected chi connectivity index (χ4v) is 3.00. The van der Waals surface area contributed by atoms with Gasteiger partial charge in [0.25, 0.3) is 5.91 Å². The smallest absolute Gasteiger partial charge is 0.273 e. The number of amides is 1. The first kappa shape index (κ1) is 13.6. The first-order valence-electron chi connectivity index (χ1n) is 6.43. The Morgan fingerprint density at radius 3 is 2.81 bits per heavy atom. The number of aromatic nitrogens is 2. The lowest BCUT2D eigenvalue weighted by atomic mass is 10.2. The van der Waals surface area contributed by atoms with E-state index in [9.17, 15) is 4.79 Å². The first-order valence-corrected chi connectivity index (χ1v) is 7.25. The highest BCUT2D eigenvalue weighted by Crippen LogP contribution is 2.30. The van der Waals surface area contributed by atoms with Crippen molar-refractivity contribution in [1.29, 1.82) is 0 Å². The molecule has 0 unspecified atom stereocenters. The maximum absolute atomic E-state index is 11.9. The third-order valence-corrected chi connectivity index (χ3v) is 4.18. The molecule has 21 heavy (non-hydrogen) atoms. The number of fused-ring (bicyclic) bond motifs is 1. The topological polar surface area (TPSA) is 46.8 Å². The second kappa shape index (κ2) is 5.21. The van der Waals surface area contributed by atoms with Crippen LogP contribution in [0.2, 0.25) is 0 Å². The van der Waals surface area contributed by atoms with Crippen LogP contribution in [0.1, 0.15) is 10.5 Å². The highest BCUT2D eigenvalue weighted by Gasteiger charge is 2.15. The van der Waals surface area contributed by atoms with Crippen molar-refractivity contribution in [1.82, 2.24) is 14.3 Å². The second-order valence-corrected chi connectivity index (χ2v) is 5.85. The zero-order valence-corrected chi connectivity index (χ0v) is 12.8. The number of hydrogen-bond acceptors (Lipinski definition) is 4. The van der Waals surface area contributed by atoms with Crippen LogP contribution in [0.15, 0.2) is 36.7 Å². The molecule has 2 aromatic heterocycles. The standard InChI is InChI=1S/C15H15N3O2S/c1-17(2)14(19)12-8-18-9-13(21-15(18)16-12)10-5-4-6-11(7-10)20-3/h4-9H,1-3H3. The lowest BCUT2D eigenvalue weighted by molar-refractivity contribution is 0.0822. The molecule has 0 aliphatic rings. The predicted molar refractivity (Wildman–Crippen MR) is 83.1 cm³/mol. The quantitative estimate of drug-likeness (QED) is 0.747. The molecule has 108 valence electrons. The number of benzene rings is 1. The van der Waals surface area contributed by atoms with Crippen LogP contribution in [0, 0.1) is 0 Å². The number of thiazole rings is 1. The molecule has 2 heterocycles. The largest absolute Gasteiger partial charge is 0.497 e. The summed E-state index contributed by atoms with van der Waals surface area (Å²) in [5.41, 5.74) is 1.54. The minimum absolute atomic E-state index is 0.0890. The fourth-order valence-electron chi connectivity index (χ4n) is 2.04. The second-order valence-electron chi connectivity index (χ2n) is 4.84. The van der Waals surface area contributed by atoms with Gasteiger partial charge in [-0.2, -0.15) is 0 Å². The van der Waals surface area contributed by atoms with E-state index in [-0.39, 0.29) is 5.91 Å². The molecule has 3 aromatic rings. The predicted octanol–water partition coefficient (Wildman–Crippen LogP) is 2.77. The van der Waals surface area contributed by atoms with Gasteiger partial charge in [0.1, 0.15) is 11.4 Å². The minimum Gasteiger partial charge on any atom is -0.497 e. The molecule has 0 saturated heterocycles. The summed E-state index contributed by atoms with van der Waals surface area (Å²) in [5, 5.41) is 0. The Bertz CT molecular complexity index is 773. The van der Waals surface area contributed by atoms with Crippen LogP contribution in [-0.2, 0) is 0 Å². The number of imidazole rings is 1. The maximum Gasteiger partial charge on any atom is 0.273 e. The summed E-state index contributed by atoms with van der Waals surface area (Å²) in [7, 11) is 5.09. The van der Waals surface area contributed by atoms with E-state index in [4.69, 9.17) is 4.74 Å². The molecule has 0 aliphatic carbocycles. The van der Waals surface area contributed by atoms with Crippen molar-refractivity contribution < 1.29 is 9.53 Å². The van der Waals surface area contributed by atoms with Crippen molar-refractivity contribution in [3.63, 3.8) is 0 Å². The van der Waals surface area contributed by atoms with Gasteiger partial charge in [0.05, 0.1) is 12.0 Å². The molecule has 0 aliphatic heterocycles. The molecule has 1 amide bonds. The number of hydrogen-bond donors (Lipinski definition) is 0. The van der Waals surface area contributed by atoms with E-state index in [1.165, 1.54) is 4.90 Å². The Hall–Kier alpha value is -2.34. The van der Waals surface area contributed by atoms with Crippen LogP contribution in [0.3, 0.4) is 0 Å². The van der Waals surface area contributed by atoms with Crippen LogP contribution >= 0.6 is 11.3 Å². The van der Waals surface area contributed by atoms with Gasteiger partial charge >= 0.3 is 0 Å². The molecular formula is C15H15N3O2S. The molecule has 0 spiro atoms. The van der Waals surface area contributed by atoms with Crippen molar-refractivity contribution in [2.75, 3.05) is 21.2 Å². The summed E-state index contributed by atoms with van der Waals surface area (Å²) in [5.74, 6) is 0.732. The molecule has 0 saturated carbocycles. The molecule has 3 rings (SSSR count). The number of nitrogens with zero attached hydrogens (tertiary/aromatic N) is 3. The first-order chi connectivity index (χ1) is 10.1. The van der Waals surface area contributed by atoms with Crippen molar-refractivity contribution in [2.45, 2.75) is 0 Å². The van der Waals surface area contributed by atoms with Crippen LogP contribution in [0.5, 0.6) is 5.75 Å². The zero-order chi connectivity index (χ0) is 15.0. The van der Waals surface area contributed by atoms with Gasteiger partial charge < -0.3 is 9.64 Å². The fraction of sp³-hybridized carbons (Fsp3) is 0.200. The van der Waals surface area contributed by atoms with E-state index in [1.54, 1.807) is 38.7 Å². The third-order valence-electron chi connectivity index (χ3n) is 3.14. The Morgan fingerprint density at radius 1 is 1.33 bits per heavy atom. The van der Waals surface area contributed by atoms with Gasteiger partial charge in [0.2, 0.25) is 0 Å². The van der Waals surface area contributed by atoms with Gasteiger partial charge in [-0.1, -0.05) is 23.5 Å². The zero-order valence-electron chi connectivity index (χ0n) is 12.0. The van der Waals surface area contributed by atoms with Gasteiger partial charge in [-0.3, -0.25) is 9.20 Å². The van der Waals surface area contributed by atoms with Crippen LogP contribution in [0.25, 0.3) is 15.4 Å². The molecule has 0 radical (unpaired) electrons. The molecular weight excluding hydrogens is 286 g/mol. The Balaban J connectivity index is 1.98. The van der Waals surface area contributed by atoms with Gasteiger partial charge in [0.15, 0.2) is 4.96 Å². The summed E-state index contributed by atoms with van der Waals surface area (Å²) >= 11 is 1.55. The molecule has 0 fully saturated rings. The maximum atomic E-state index is 11.9. The Labute approximate surface area is 126 Å². The highest BCUT2D eigenvalue weighted by atomic mass is 32.1. The molecule has 1 aromatic carbocycles. The third kappa shape index (κ3) is 2.50. The van der Waals surface area contributed by atoms with E-state index in [0.717, 1.165) is 21.2 Å². The Morgan fingerprint density at radius 2 is 2.14 bits per heavy atom. The van der Waals surface area contributed by atoms with E-state index in [1.807, 2.05) is 34.9 Å². The van der Waals surface area contributed by atoms with Crippen LogP contribution in [0.4, 0.5) is 0 Å². The van der Waals surface area contributed by atoms with E-state index in [2.05, 4.69) is 4.98 Å². The summed E-state index contributed by atoms with van der Waals surface area (Å²) in [6.45, 7) is 0. The number of methoxy groups -OCH3 is 1. The van der Waals surface area contributed by atoms with Crippen molar-refractivity contribution >= 4 is 22.2 Å². The van der Waals surface area contributed by atoms with Crippen molar-refractivity contribution in [3.05, 3.63) is 42.4 Å². The summed E-state index contributed by atoms with van der Waals surface area (Å²) in [6.07, 6.45) is 3.74. The van der Waals surface area contributed by atoms with Gasteiger partial charge in [-0.05, 0) is 17.7 Å². The summed E-state index contributed by atoms with van der Waals surface area (Å²) in [6, 6.07) is 7.88. The average Bonchev–Trinajstić information content (AvgIpc) is 3.04. The van der Waals surface area contributed by atoms with Crippen molar-refractivity contribution in [2.24, 2.45) is 0 Å². The van der Waals surface area contributed by atoms with Crippen LogP contribution in [-0.4, -0.2) is 41.4 Å². The minimum atomic E-state index is -0.0890. The summed E-state index contributed by atoms with van der Waals surface area (Å²) < 4.78 is 7.13. The number of carbonyl (C=O) groups is 1. The SMILES string of the molecule is COc1cccc(-c2cn3cc(C(=O)N(C)C)nc3s2)c1. The summed E-state index contributed by atoms with van der Waals surface area (Å²) in [4.78, 5) is 19.7. The molecule has 5 nitrogen and oxygen atoms in total. The lowest BCUT2D eigenvalue weighted by Crippen LogP contribution is -2.21. The monoisotopic (exact) mass is 301 g/mol. The average molecular weight is 301 g/mol. The molecule has 6 heteroatoms. The van der Waals surface area contributed by atoms with E-state index >= 15 is 0 Å². The van der Waals surface area contributed by atoms with Gasteiger partial charge in [-0.15, -0.1) is 0 Å². The van der Waals surface area contributed by atoms with Crippen molar-refractivity contribution in [3.8, 4) is 16.2 Å². The lowest BCUT2D eigenvalue weighted by Gasteiger charge is -2.06. The van der Waals surface area contributed by atoms with Crippen LogP contribution < -0.4 is 4.74 Å². The molecule has 0 N–H and O–H groups in total.